The minimum atomic E-state index is -0.397. The first-order chi connectivity index (χ1) is 8.51. The summed E-state index contributed by atoms with van der Waals surface area (Å²) in [6.07, 6.45) is 1.86. The van der Waals surface area contributed by atoms with Crippen LogP contribution in [0.4, 0.5) is 10.1 Å². The van der Waals surface area contributed by atoms with Gasteiger partial charge in [0.05, 0.1) is 11.1 Å². The molecule has 0 aromatic heterocycles. The second kappa shape index (κ2) is 5.36. The van der Waals surface area contributed by atoms with Crippen molar-refractivity contribution in [1.82, 2.24) is 5.32 Å². The van der Waals surface area contributed by atoms with Crippen LogP contribution < -0.4 is 10.6 Å². The number of carbonyl (C=O) groups is 1. The first-order valence-electron chi connectivity index (χ1n) is 5.98. The van der Waals surface area contributed by atoms with Crippen LogP contribution in [0.2, 0.25) is 0 Å². The number of benzene rings is 1. The quantitative estimate of drug-likeness (QED) is 0.881. The van der Waals surface area contributed by atoms with Gasteiger partial charge in [-0.1, -0.05) is 0 Å². The Morgan fingerprint density at radius 1 is 1.56 bits per heavy atom. The Hall–Kier alpha value is -0.940. The Morgan fingerprint density at radius 3 is 2.94 bits per heavy atom. The highest BCUT2D eigenvalue weighted by Crippen LogP contribution is 2.29. The highest BCUT2D eigenvalue weighted by molar-refractivity contribution is 9.10. The van der Waals surface area contributed by atoms with E-state index in [0.29, 0.717) is 16.7 Å². The zero-order valence-electron chi connectivity index (χ0n) is 10.2. The third-order valence-corrected chi connectivity index (χ3v) is 3.98. The molecule has 0 saturated carbocycles. The molecule has 1 heterocycles. The number of carbonyl (C=O) groups excluding carboxylic acids is 1. The van der Waals surface area contributed by atoms with E-state index in [0.717, 1.165) is 19.4 Å². The molecule has 5 heteroatoms. The van der Waals surface area contributed by atoms with Crippen LogP contribution in [-0.2, 0) is 4.79 Å². The molecule has 2 N–H and O–H groups in total. The maximum absolute atomic E-state index is 13.0. The van der Waals surface area contributed by atoms with Gasteiger partial charge in [0.15, 0.2) is 0 Å². The molecular formula is C13H16BrFN2O. The molecule has 3 nitrogen and oxygen atoms in total. The summed E-state index contributed by atoms with van der Waals surface area (Å²) in [7, 11) is 0. The summed E-state index contributed by atoms with van der Waals surface area (Å²) in [5.41, 5.74) is 0.208. The van der Waals surface area contributed by atoms with Gasteiger partial charge in [0.25, 0.3) is 0 Å². The average Bonchev–Trinajstić information content (AvgIpc) is 2.33. The Kier molecular flexibility index (Phi) is 4.02. The average molecular weight is 315 g/mol. The molecule has 0 bridgehead atoms. The molecule has 1 saturated heterocycles. The zero-order chi connectivity index (χ0) is 13.2. The van der Waals surface area contributed by atoms with E-state index < -0.39 is 5.41 Å². The van der Waals surface area contributed by atoms with Crippen LogP contribution in [-0.4, -0.2) is 19.0 Å². The predicted octanol–water partition coefficient (Wildman–Crippen LogP) is 2.92. The van der Waals surface area contributed by atoms with Crippen molar-refractivity contribution in [3.05, 3.63) is 28.5 Å². The van der Waals surface area contributed by atoms with Crippen molar-refractivity contribution < 1.29 is 9.18 Å². The topological polar surface area (TPSA) is 41.1 Å². The van der Waals surface area contributed by atoms with Crippen LogP contribution >= 0.6 is 15.9 Å². The molecule has 1 unspecified atom stereocenters. The standard InChI is InChI=1S/C13H16BrFN2O/c1-13(5-2-6-16-8-13)12(18)17-11-4-3-9(15)7-10(11)14/h3-4,7,16H,2,5-6,8H2,1H3,(H,17,18). The molecule has 0 aliphatic carbocycles. The minimum Gasteiger partial charge on any atom is -0.325 e. The van der Waals surface area contributed by atoms with Gasteiger partial charge in [-0.15, -0.1) is 0 Å². The van der Waals surface area contributed by atoms with Crippen LogP contribution in [0, 0.1) is 11.2 Å². The third-order valence-electron chi connectivity index (χ3n) is 3.32. The number of hydrogen-bond acceptors (Lipinski definition) is 2. The zero-order valence-corrected chi connectivity index (χ0v) is 11.8. The van der Waals surface area contributed by atoms with Gasteiger partial charge in [0.1, 0.15) is 5.82 Å². The van der Waals surface area contributed by atoms with Gasteiger partial charge in [-0.05, 0) is 60.4 Å². The predicted molar refractivity (Wildman–Crippen MR) is 72.9 cm³/mol. The van der Waals surface area contributed by atoms with E-state index in [1.165, 1.54) is 12.1 Å². The molecule has 1 amide bonds. The summed E-state index contributed by atoms with van der Waals surface area (Å²) in [6.45, 7) is 3.59. The molecule has 0 radical (unpaired) electrons. The fraction of sp³-hybridized carbons (Fsp3) is 0.462. The lowest BCUT2D eigenvalue weighted by Gasteiger charge is -2.32. The largest absolute Gasteiger partial charge is 0.325 e. The maximum atomic E-state index is 13.0. The molecule has 2 rings (SSSR count). The van der Waals surface area contributed by atoms with Crippen LogP contribution in [0.5, 0.6) is 0 Å². The van der Waals surface area contributed by atoms with E-state index in [4.69, 9.17) is 0 Å². The van der Waals surface area contributed by atoms with E-state index in [9.17, 15) is 9.18 Å². The number of nitrogens with one attached hydrogen (secondary N) is 2. The van der Waals surface area contributed by atoms with E-state index >= 15 is 0 Å². The summed E-state index contributed by atoms with van der Waals surface area (Å²) in [6, 6.07) is 4.25. The Morgan fingerprint density at radius 2 is 2.33 bits per heavy atom. The van der Waals surface area contributed by atoms with Crippen LogP contribution in [0.15, 0.2) is 22.7 Å². The van der Waals surface area contributed by atoms with Gasteiger partial charge in [0.2, 0.25) is 5.91 Å². The molecule has 1 atom stereocenters. The highest BCUT2D eigenvalue weighted by Gasteiger charge is 2.34. The Balaban J connectivity index is 2.11. The van der Waals surface area contributed by atoms with E-state index in [2.05, 4.69) is 26.6 Å². The highest BCUT2D eigenvalue weighted by atomic mass is 79.9. The number of halogens is 2. The molecule has 1 aromatic carbocycles. The minimum absolute atomic E-state index is 0.0259. The summed E-state index contributed by atoms with van der Waals surface area (Å²) < 4.78 is 13.5. The van der Waals surface area contributed by atoms with Crippen LogP contribution in [0.3, 0.4) is 0 Å². The second-order valence-electron chi connectivity index (χ2n) is 4.92. The summed E-state index contributed by atoms with van der Waals surface area (Å²) >= 11 is 3.25. The Labute approximate surface area is 114 Å². The fourth-order valence-electron chi connectivity index (χ4n) is 2.11. The van der Waals surface area contributed by atoms with Crippen LogP contribution in [0.1, 0.15) is 19.8 Å². The number of piperidine rings is 1. The number of hydrogen-bond donors (Lipinski definition) is 2. The van der Waals surface area contributed by atoms with E-state index in [1.54, 1.807) is 6.07 Å². The van der Waals surface area contributed by atoms with Gasteiger partial charge < -0.3 is 10.6 Å². The maximum Gasteiger partial charge on any atom is 0.231 e. The molecule has 98 valence electrons. The van der Waals surface area contributed by atoms with E-state index in [1.807, 2.05) is 6.92 Å². The summed E-state index contributed by atoms with van der Waals surface area (Å²) in [5, 5.41) is 6.09. The first kappa shape index (κ1) is 13.5. The van der Waals surface area contributed by atoms with Gasteiger partial charge in [-0.3, -0.25) is 4.79 Å². The van der Waals surface area contributed by atoms with Gasteiger partial charge >= 0.3 is 0 Å². The van der Waals surface area contributed by atoms with Crippen molar-refractivity contribution in [2.24, 2.45) is 5.41 Å². The number of amides is 1. The lowest BCUT2D eigenvalue weighted by atomic mass is 9.82. The summed E-state index contributed by atoms with van der Waals surface area (Å²) in [4.78, 5) is 12.3. The molecular weight excluding hydrogens is 299 g/mol. The monoisotopic (exact) mass is 314 g/mol. The number of anilines is 1. The van der Waals surface area contributed by atoms with Crippen LogP contribution in [0.25, 0.3) is 0 Å². The normalized spacial score (nSPS) is 23.7. The molecule has 18 heavy (non-hydrogen) atoms. The van der Waals surface area contributed by atoms with Crippen molar-refractivity contribution in [2.75, 3.05) is 18.4 Å². The lowest BCUT2D eigenvalue weighted by Crippen LogP contribution is -2.46. The van der Waals surface area contributed by atoms with Crippen molar-refractivity contribution in [3.8, 4) is 0 Å². The van der Waals surface area contributed by atoms with Crippen molar-refractivity contribution in [1.29, 1.82) is 0 Å². The van der Waals surface area contributed by atoms with E-state index in [-0.39, 0.29) is 11.7 Å². The molecule has 0 spiro atoms. The molecule has 1 aliphatic heterocycles. The molecule has 1 aliphatic rings. The smallest absolute Gasteiger partial charge is 0.231 e. The van der Waals surface area contributed by atoms with Crippen molar-refractivity contribution in [3.63, 3.8) is 0 Å². The lowest BCUT2D eigenvalue weighted by molar-refractivity contribution is -0.125. The molecule has 1 aromatic rings. The van der Waals surface area contributed by atoms with Gasteiger partial charge in [-0.2, -0.15) is 0 Å². The first-order valence-corrected chi connectivity index (χ1v) is 6.78. The summed E-state index contributed by atoms with van der Waals surface area (Å²) in [5.74, 6) is -0.354. The van der Waals surface area contributed by atoms with Gasteiger partial charge in [0, 0.05) is 11.0 Å². The van der Waals surface area contributed by atoms with Crippen molar-refractivity contribution in [2.45, 2.75) is 19.8 Å². The SMILES string of the molecule is CC1(C(=O)Nc2ccc(F)cc2Br)CCCNC1. The second-order valence-corrected chi connectivity index (χ2v) is 5.77. The van der Waals surface area contributed by atoms with Crippen molar-refractivity contribution >= 4 is 27.5 Å². The molecule has 1 fully saturated rings. The third kappa shape index (κ3) is 2.90. The number of rotatable bonds is 2. The van der Waals surface area contributed by atoms with Gasteiger partial charge in [-0.25, -0.2) is 4.39 Å². The fourth-order valence-corrected chi connectivity index (χ4v) is 2.56. The Bertz CT molecular complexity index is 458.